The maximum Gasteiger partial charge on any atom is 0.164 e. The van der Waals surface area contributed by atoms with E-state index in [1.54, 1.807) is 18.2 Å². The summed E-state index contributed by atoms with van der Waals surface area (Å²) in [6.07, 6.45) is 2.51. The van der Waals surface area contributed by atoms with Gasteiger partial charge in [-0.25, -0.2) is 0 Å². The fraction of sp³-hybridized carbons (Fsp3) is 0.167. The largest absolute Gasteiger partial charge is 0.454 e. The van der Waals surface area contributed by atoms with Crippen LogP contribution >= 0.6 is 23.2 Å². The van der Waals surface area contributed by atoms with Gasteiger partial charge in [-0.1, -0.05) is 35.3 Å². The van der Waals surface area contributed by atoms with Gasteiger partial charge in [-0.15, -0.1) is 0 Å². The van der Waals surface area contributed by atoms with Crippen LogP contribution in [0.5, 0.6) is 11.5 Å². The number of ether oxygens (including phenoxy) is 1. The minimum absolute atomic E-state index is 0.479. The van der Waals surface area contributed by atoms with Crippen LogP contribution in [0.4, 0.5) is 0 Å². The van der Waals surface area contributed by atoms with Crippen LogP contribution in [0.1, 0.15) is 24.5 Å². The lowest BCUT2D eigenvalue weighted by Gasteiger charge is -2.10. The molecular formula is C18H13Cl2NO. The SMILES string of the molecule is Clc1cccc(Cl)c1Oc1ccc2nc(C3CC3)ccc2c1. The van der Waals surface area contributed by atoms with Gasteiger partial charge in [0.25, 0.3) is 0 Å². The molecule has 3 aromatic rings. The molecule has 0 atom stereocenters. The van der Waals surface area contributed by atoms with Crippen molar-refractivity contribution in [3.63, 3.8) is 0 Å². The van der Waals surface area contributed by atoms with E-state index in [0.717, 1.165) is 10.9 Å². The molecule has 2 nitrogen and oxygen atoms in total. The minimum Gasteiger partial charge on any atom is -0.454 e. The fourth-order valence-electron chi connectivity index (χ4n) is 2.49. The van der Waals surface area contributed by atoms with Gasteiger partial charge in [-0.2, -0.15) is 0 Å². The van der Waals surface area contributed by atoms with Gasteiger partial charge >= 0.3 is 0 Å². The Labute approximate surface area is 138 Å². The van der Waals surface area contributed by atoms with Gasteiger partial charge < -0.3 is 4.74 Å². The number of hydrogen-bond donors (Lipinski definition) is 0. The summed E-state index contributed by atoms with van der Waals surface area (Å²) in [4.78, 5) is 4.71. The van der Waals surface area contributed by atoms with Gasteiger partial charge in [0.05, 0.1) is 15.6 Å². The van der Waals surface area contributed by atoms with E-state index in [4.69, 9.17) is 32.9 Å². The molecule has 0 aliphatic heterocycles. The average Bonchev–Trinajstić information content (AvgIpc) is 3.35. The van der Waals surface area contributed by atoms with Crippen LogP contribution in [0.15, 0.2) is 48.5 Å². The Hall–Kier alpha value is -1.77. The molecule has 0 unspecified atom stereocenters. The van der Waals surface area contributed by atoms with Crippen LogP contribution in [-0.4, -0.2) is 4.98 Å². The third kappa shape index (κ3) is 2.65. The molecule has 0 saturated heterocycles. The number of nitrogens with zero attached hydrogens (tertiary/aromatic N) is 1. The van der Waals surface area contributed by atoms with Crippen LogP contribution in [0.2, 0.25) is 10.0 Å². The molecule has 2 aromatic carbocycles. The molecule has 0 radical (unpaired) electrons. The first-order valence-corrected chi connectivity index (χ1v) is 7.99. The van der Waals surface area contributed by atoms with Crippen molar-refractivity contribution in [3.8, 4) is 11.5 Å². The van der Waals surface area contributed by atoms with E-state index in [-0.39, 0.29) is 0 Å². The van der Waals surface area contributed by atoms with Crippen molar-refractivity contribution in [2.75, 3.05) is 0 Å². The number of fused-ring (bicyclic) bond motifs is 1. The van der Waals surface area contributed by atoms with Crippen LogP contribution in [0, 0.1) is 0 Å². The van der Waals surface area contributed by atoms with E-state index in [0.29, 0.717) is 27.5 Å². The molecule has 1 heterocycles. The summed E-state index contributed by atoms with van der Waals surface area (Å²) in [5.74, 6) is 1.83. The maximum absolute atomic E-state index is 6.14. The molecule has 1 aromatic heterocycles. The van der Waals surface area contributed by atoms with Crippen LogP contribution in [-0.2, 0) is 0 Å². The normalized spacial score (nSPS) is 14.3. The minimum atomic E-state index is 0.479. The summed E-state index contributed by atoms with van der Waals surface area (Å²) in [5, 5.41) is 2.04. The van der Waals surface area contributed by atoms with E-state index in [1.807, 2.05) is 18.2 Å². The monoisotopic (exact) mass is 329 g/mol. The predicted molar refractivity (Wildman–Crippen MR) is 90.3 cm³/mol. The van der Waals surface area contributed by atoms with Crippen molar-refractivity contribution in [3.05, 3.63) is 64.3 Å². The highest BCUT2D eigenvalue weighted by Crippen LogP contribution is 2.40. The third-order valence-electron chi connectivity index (χ3n) is 3.82. The summed E-state index contributed by atoms with van der Waals surface area (Å²) < 4.78 is 5.85. The Bertz CT molecular complexity index is 839. The maximum atomic E-state index is 6.14. The highest BCUT2D eigenvalue weighted by molar-refractivity contribution is 6.37. The van der Waals surface area contributed by atoms with Gasteiger partial charge in [0.1, 0.15) is 5.75 Å². The summed E-state index contributed by atoms with van der Waals surface area (Å²) in [7, 11) is 0. The van der Waals surface area contributed by atoms with Crippen LogP contribution in [0.3, 0.4) is 0 Å². The quantitative estimate of drug-likeness (QED) is 0.569. The van der Waals surface area contributed by atoms with Crippen molar-refractivity contribution in [2.45, 2.75) is 18.8 Å². The van der Waals surface area contributed by atoms with Gasteiger partial charge in [-0.05, 0) is 49.2 Å². The highest BCUT2D eigenvalue weighted by atomic mass is 35.5. The Morgan fingerprint density at radius 3 is 2.45 bits per heavy atom. The zero-order valence-corrected chi connectivity index (χ0v) is 13.2. The second-order valence-corrected chi connectivity index (χ2v) is 6.33. The first-order chi connectivity index (χ1) is 10.7. The van der Waals surface area contributed by atoms with E-state index in [1.165, 1.54) is 18.5 Å². The summed E-state index contributed by atoms with van der Waals surface area (Å²) >= 11 is 12.3. The molecule has 110 valence electrons. The Kier molecular flexibility index (Phi) is 3.44. The lowest BCUT2D eigenvalue weighted by molar-refractivity contribution is 0.484. The Morgan fingerprint density at radius 1 is 0.955 bits per heavy atom. The van der Waals surface area contributed by atoms with Crippen molar-refractivity contribution in [1.82, 2.24) is 4.98 Å². The van der Waals surface area contributed by atoms with Crippen molar-refractivity contribution in [2.24, 2.45) is 0 Å². The number of pyridine rings is 1. The molecule has 4 heteroatoms. The van der Waals surface area contributed by atoms with Crippen LogP contribution in [0.25, 0.3) is 10.9 Å². The standard InChI is InChI=1S/C18H13Cl2NO/c19-14-2-1-3-15(20)18(14)22-13-7-9-17-12(10-13)6-8-16(21-17)11-4-5-11/h1-3,6-11H,4-5H2. The number of halogens is 2. The highest BCUT2D eigenvalue weighted by Gasteiger charge is 2.24. The molecule has 4 rings (SSSR count). The average molecular weight is 330 g/mol. The molecule has 0 amide bonds. The molecule has 0 spiro atoms. The first-order valence-electron chi connectivity index (χ1n) is 7.23. The molecule has 1 saturated carbocycles. The summed E-state index contributed by atoms with van der Waals surface area (Å²) in [6, 6.07) is 15.3. The fourth-order valence-corrected chi connectivity index (χ4v) is 2.96. The van der Waals surface area contributed by atoms with E-state index in [2.05, 4.69) is 12.1 Å². The smallest absolute Gasteiger partial charge is 0.164 e. The Morgan fingerprint density at radius 2 is 1.73 bits per heavy atom. The van der Waals surface area contributed by atoms with Gasteiger partial charge in [0.15, 0.2) is 5.75 Å². The molecule has 1 fully saturated rings. The van der Waals surface area contributed by atoms with E-state index in [9.17, 15) is 0 Å². The molecule has 1 aliphatic carbocycles. The molecular weight excluding hydrogens is 317 g/mol. The number of hydrogen-bond acceptors (Lipinski definition) is 2. The van der Waals surface area contributed by atoms with E-state index >= 15 is 0 Å². The van der Waals surface area contributed by atoms with Crippen molar-refractivity contribution in [1.29, 1.82) is 0 Å². The lowest BCUT2D eigenvalue weighted by Crippen LogP contribution is -1.90. The zero-order valence-electron chi connectivity index (χ0n) is 11.7. The van der Waals surface area contributed by atoms with E-state index < -0.39 is 0 Å². The second-order valence-electron chi connectivity index (χ2n) is 5.52. The topological polar surface area (TPSA) is 22.1 Å². The summed E-state index contributed by atoms with van der Waals surface area (Å²) in [5.41, 5.74) is 2.18. The molecule has 22 heavy (non-hydrogen) atoms. The number of benzene rings is 2. The van der Waals surface area contributed by atoms with Crippen molar-refractivity contribution >= 4 is 34.1 Å². The predicted octanol–water partition coefficient (Wildman–Crippen LogP) is 6.21. The number of rotatable bonds is 3. The first kappa shape index (κ1) is 13.9. The molecule has 1 aliphatic rings. The van der Waals surface area contributed by atoms with Crippen LogP contribution < -0.4 is 4.74 Å². The third-order valence-corrected chi connectivity index (χ3v) is 4.41. The second kappa shape index (κ2) is 5.45. The number of aromatic nitrogens is 1. The van der Waals surface area contributed by atoms with Gasteiger partial charge in [0.2, 0.25) is 0 Å². The molecule has 0 N–H and O–H groups in total. The van der Waals surface area contributed by atoms with Gasteiger partial charge in [0, 0.05) is 17.0 Å². The summed E-state index contributed by atoms with van der Waals surface area (Å²) in [6.45, 7) is 0. The van der Waals surface area contributed by atoms with Crippen molar-refractivity contribution < 1.29 is 4.74 Å². The van der Waals surface area contributed by atoms with Gasteiger partial charge in [-0.3, -0.25) is 4.98 Å². The number of para-hydroxylation sites is 1. The molecule has 0 bridgehead atoms. The zero-order chi connectivity index (χ0) is 15.1. The lowest BCUT2D eigenvalue weighted by atomic mass is 10.1. The Balaban J connectivity index is 1.69.